The molecule has 1 fully saturated rings. The van der Waals surface area contributed by atoms with Gasteiger partial charge in [-0.05, 0) is 18.4 Å². The first-order valence-corrected chi connectivity index (χ1v) is 5.77. The van der Waals surface area contributed by atoms with Crippen molar-refractivity contribution in [1.29, 1.82) is 0 Å². The van der Waals surface area contributed by atoms with Crippen molar-refractivity contribution < 1.29 is 19.7 Å². The summed E-state index contributed by atoms with van der Waals surface area (Å²) in [6.45, 7) is 0. The summed E-state index contributed by atoms with van der Waals surface area (Å²) in [6, 6.07) is 9.89. The van der Waals surface area contributed by atoms with Crippen molar-refractivity contribution >= 4 is 5.97 Å². The van der Waals surface area contributed by atoms with Gasteiger partial charge in [0.1, 0.15) is 6.10 Å². The Morgan fingerprint density at radius 2 is 1.94 bits per heavy atom. The first-order chi connectivity index (χ1) is 8.16. The van der Waals surface area contributed by atoms with Gasteiger partial charge in [-0.2, -0.15) is 0 Å². The molecule has 1 aliphatic heterocycles. The number of benzene rings is 1. The zero-order valence-corrected chi connectivity index (χ0v) is 9.45. The number of aliphatic hydroxyl groups is 2. The lowest BCUT2D eigenvalue weighted by atomic mass is 9.98. The fourth-order valence-corrected chi connectivity index (χ4v) is 1.99. The molecule has 0 radical (unpaired) electrons. The van der Waals surface area contributed by atoms with E-state index in [9.17, 15) is 15.0 Å². The number of rotatable bonds is 3. The van der Waals surface area contributed by atoms with E-state index in [-0.39, 0.29) is 6.10 Å². The number of cyclic esters (lactones) is 1. The molecule has 0 aromatic heterocycles. The fourth-order valence-electron chi connectivity index (χ4n) is 1.99. The minimum atomic E-state index is -1.39. The highest BCUT2D eigenvalue weighted by atomic mass is 16.6. The highest BCUT2D eigenvalue weighted by Crippen LogP contribution is 2.19. The first-order valence-electron chi connectivity index (χ1n) is 5.77. The molecule has 1 heterocycles. The van der Waals surface area contributed by atoms with E-state index in [0.717, 1.165) is 6.42 Å². The van der Waals surface area contributed by atoms with Crippen LogP contribution in [0.25, 0.3) is 0 Å². The fraction of sp³-hybridized carbons (Fsp3) is 0.462. The van der Waals surface area contributed by atoms with Crippen molar-refractivity contribution in [2.24, 2.45) is 0 Å². The zero-order valence-electron chi connectivity index (χ0n) is 9.45. The normalized spacial score (nSPS) is 28.8. The third kappa shape index (κ3) is 3.05. The Balaban J connectivity index is 1.86. The maximum Gasteiger partial charge on any atom is 0.337 e. The van der Waals surface area contributed by atoms with Gasteiger partial charge in [-0.3, -0.25) is 0 Å². The molecular weight excluding hydrogens is 220 g/mol. The Bertz CT molecular complexity index is 376. The molecule has 0 saturated carbocycles. The third-order valence-electron chi connectivity index (χ3n) is 2.99. The molecule has 1 aromatic rings. The van der Waals surface area contributed by atoms with Crippen LogP contribution in [0.2, 0.25) is 0 Å². The number of carbonyl (C=O) groups is 1. The second kappa shape index (κ2) is 5.29. The lowest BCUT2D eigenvalue weighted by Crippen LogP contribution is -2.45. The van der Waals surface area contributed by atoms with Gasteiger partial charge in [-0.15, -0.1) is 0 Å². The molecule has 4 heteroatoms. The van der Waals surface area contributed by atoms with E-state index in [1.165, 1.54) is 5.56 Å². The smallest absolute Gasteiger partial charge is 0.337 e. The van der Waals surface area contributed by atoms with E-state index in [2.05, 4.69) is 0 Å². The Morgan fingerprint density at radius 1 is 1.24 bits per heavy atom. The summed E-state index contributed by atoms with van der Waals surface area (Å²) in [4.78, 5) is 11.2. The van der Waals surface area contributed by atoms with Gasteiger partial charge in [0.15, 0.2) is 6.10 Å². The largest absolute Gasteiger partial charge is 0.460 e. The summed E-state index contributed by atoms with van der Waals surface area (Å²) < 4.78 is 5.04. The molecule has 2 rings (SSSR count). The standard InChI is InChI=1S/C13H16O4/c14-11-8-10(17-13(16)12(11)15)7-6-9-4-2-1-3-5-9/h1-5,10-12,14-15H,6-8H2/t10-,11-,12+/m1/s1. The van der Waals surface area contributed by atoms with Crippen molar-refractivity contribution in [2.75, 3.05) is 0 Å². The first kappa shape index (κ1) is 12.1. The molecule has 4 nitrogen and oxygen atoms in total. The SMILES string of the molecule is O=C1O[C@H](CCc2ccccc2)C[C@@H](O)[C@@H]1O. The monoisotopic (exact) mass is 236 g/mol. The van der Waals surface area contributed by atoms with Gasteiger partial charge in [0.25, 0.3) is 0 Å². The van der Waals surface area contributed by atoms with E-state index < -0.39 is 18.2 Å². The minimum Gasteiger partial charge on any atom is -0.460 e. The van der Waals surface area contributed by atoms with Crippen LogP contribution in [0.5, 0.6) is 0 Å². The molecular formula is C13H16O4. The molecule has 17 heavy (non-hydrogen) atoms. The second-order valence-corrected chi connectivity index (χ2v) is 4.33. The van der Waals surface area contributed by atoms with Crippen LogP contribution in [0.4, 0.5) is 0 Å². The van der Waals surface area contributed by atoms with Crippen molar-refractivity contribution in [1.82, 2.24) is 0 Å². The number of aryl methyl sites for hydroxylation is 1. The predicted molar refractivity (Wildman–Crippen MR) is 61.3 cm³/mol. The molecule has 1 aromatic carbocycles. The number of hydrogen-bond donors (Lipinski definition) is 2. The van der Waals surface area contributed by atoms with Gasteiger partial charge >= 0.3 is 5.97 Å². The van der Waals surface area contributed by atoms with Gasteiger partial charge in [0.05, 0.1) is 6.10 Å². The van der Waals surface area contributed by atoms with Gasteiger partial charge in [-0.25, -0.2) is 4.79 Å². The Labute approximate surface area is 99.8 Å². The third-order valence-corrected chi connectivity index (χ3v) is 2.99. The van der Waals surface area contributed by atoms with Crippen LogP contribution in [-0.2, 0) is 16.0 Å². The molecule has 1 saturated heterocycles. The van der Waals surface area contributed by atoms with Gasteiger partial charge < -0.3 is 14.9 Å². The minimum absolute atomic E-state index is 0.305. The molecule has 0 aliphatic carbocycles. The maximum atomic E-state index is 11.2. The van der Waals surface area contributed by atoms with Crippen LogP contribution in [-0.4, -0.2) is 34.5 Å². The average Bonchev–Trinajstić information content (AvgIpc) is 2.34. The van der Waals surface area contributed by atoms with Crippen molar-refractivity contribution in [3.63, 3.8) is 0 Å². The van der Waals surface area contributed by atoms with E-state index in [1.54, 1.807) is 0 Å². The summed E-state index contributed by atoms with van der Waals surface area (Å²) in [5.74, 6) is -0.721. The van der Waals surface area contributed by atoms with E-state index in [4.69, 9.17) is 4.74 Å². The van der Waals surface area contributed by atoms with Crippen LogP contribution in [0.3, 0.4) is 0 Å². The predicted octanol–water partition coefficient (Wildman–Crippen LogP) is 0.656. The molecule has 0 bridgehead atoms. The van der Waals surface area contributed by atoms with Gasteiger partial charge in [0.2, 0.25) is 0 Å². The molecule has 0 spiro atoms. The topological polar surface area (TPSA) is 66.8 Å². The maximum absolute atomic E-state index is 11.2. The van der Waals surface area contributed by atoms with Crippen molar-refractivity contribution in [3.05, 3.63) is 35.9 Å². The van der Waals surface area contributed by atoms with E-state index >= 15 is 0 Å². The summed E-state index contributed by atoms with van der Waals surface area (Å²) in [5.41, 5.74) is 1.17. The summed E-state index contributed by atoms with van der Waals surface area (Å²) in [5, 5.41) is 18.7. The van der Waals surface area contributed by atoms with Crippen LogP contribution >= 0.6 is 0 Å². The number of carbonyl (C=O) groups excluding carboxylic acids is 1. The molecule has 0 amide bonds. The Morgan fingerprint density at radius 3 is 2.59 bits per heavy atom. The van der Waals surface area contributed by atoms with Crippen LogP contribution in [0.1, 0.15) is 18.4 Å². The van der Waals surface area contributed by atoms with E-state index in [1.807, 2.05) is 30.3 Å². The lowest BCUT2D eigenvalue weighted by molar-refractivity contribution is -0.179. The molecule has 0 unspecified atom stereocenters. The summed E-state index contributed by atoms with van der Waals surface area (Å²) >= 11 is 0. The lowest BCUT2D eigenvalue weighted by Gasteiger charge is -2.29. The summed E-state index contributed by atoms with van der Waals surface area (Å²) in [6.07, 6.45) is -0.929. The van der Waals surface area contributed by atoms with Crippen molar-refractivity contribution in [2.45, 2.75) is 37.6 Å². The second-order valence-electron chi connectivity index (χ2n) is 4.33. The number of esters is 1. The number of aliphatic hydroxyl groups excluding tert-OH is 2. The van der Waals surface area contributed by atoms with Crippen LogP contribution < -0.4 is 0 Å². The number of ether oxygens (including phenoxy) is 1. The Hall–Kier alpha value is -1.39. The molecule has 3 atom stereocenters. The highest BCUT2D eigenvalue weighted by Gasteiger charge is 2.35. The van der Waals surface area contributed by atoms with Gasteiger partial charge in [0, 0.05) is 6.42 Å². The average molecular weight is 236 g/mol. The number of hydrogen-bond acceptors (Lipinski definition) is 4. The zero-order chi connectivity index (χ0) is 12.3. The molecule has 92 valence electrons. The van der Waals surface area contributed by atoms with Crippen LogP contribution in [0, 0.1) is 0 Å². The highest BCUT2D eigenvalue weighted by molar-refractivity contribution is 5.76. The Kier molecular flexibility index (Phi) is 3.76. The van der Waals surface area contributed by atoms with Gasteiger partial charge in [-0.1, -0.05) is 30.3 Å². The van der Waals surface area contributed by atoms with E-state index in [0.29, 0.717) is 12.8 Å². The van der Waals surface area contributed by atoms with Crippen LogP contribution in [0.15, 0.2) is 30.3 Å². The molecule has 2 N–H and O–H groups in total. The van der Waals surface area contributed by atoms with Crippen molar-refractivity contribution in [3.8, 4) is 0 Å². The quantitative estimate of drug-likeness (QED) is 0.756. The summed E-state index contributed by atoms with van der Waals surface area (Å²) in [7, 11) is 0. The molecule has 1 aliphatic rings.